The van der Waals surface area contributed by atoms with Gasteiger partial charge >= 0.3 is 5.92 Å². The van der Waals surface area contributed by atoms with Crippen molar-refractivity contribution < 1.29 is 32.2 Å². The first kappa shape index (κ1) is 25.8. The molecule has 2 aromatic heterocycles. The third-order valence-electron chi connectivity index (χ3n) is 7.62. The number of alkyl halides is 2. The van der Waals surface area contributed by atoms with Crippen LogP contribution in [0, 0.1) is 23.5 Å². The summed E-state index contributed by atoms with van der Waals surface area (Å²) in [6, 6.07) is 12.3. The number of aromatic hydroxyl groups is 1. The van der Waals surface area contributed by atoms with Crippen molar-refractivity contribution in [3.05, 3.63) is 83.4 Å². The second kappa shape index (κ2) is 9.65. The first-order valence-electron chi connectivity index (χ1n) is 12.8. The Morgan fingerprint density at radius 1 is 1.07 bits per heavy atom. The summed E-state index contributed by atoms with van der Waals surface area (Å²) in [5.74, 6) is -6.58. The molecule has 3 aromatic carbocycles. The Morgan fingerprint density at radius 3 is 2.58 bits per heavy atom. The maximum atomic E-state index is 15.6. The van der Waals surface area contributed by atoms with Crippen LogP contribution in [0.4, 0.5) is 17.6 Å². The molecule has 40 heavy (non-hydrogen) atoms. The molecular weight excluding hydrogens is 528 g/mol. The average Bonchev–Trinajstić information content (AvgIpc) is 3.48. The summed E-state index contributed by atoms with van der Waals surface area (Å²) in [7, 11) is 1.43. The molecule has 0 radical (unpaired) electrons. The van der Waals surface area contributed by atoms with Crippen molar-refractivity contribution in [1.29, 1.82) is 0 Å². The van der Waals surface area contributed by atoms with Crippen LogP contribution in [0.5, 0.6) is 11.5 Å². The highest BCUT2D eigenvalue weighted by molar-refractivity contribution is 6.01. The van der Waals surface area contributed by atoms with E-state index >= 15 is 8.78 Å². The first-order valence-corrected chi connectivity index (χ1v) is 12.8. The van der Waals surface area contributed by atoms with Gasteiger partial charge in [-0.2, -0.15) is 8.78 Å². The van der Waals surface area contributed by atoms with Crippen molar-refractivity contribution in [3.8, 4) is 11.5 Å². The SMILES string of the molecule is Cn1c(C(F)(F)c2nc3cc(O)c(F)cc3[nH]2)nc2ccc(C(=O)C3CC[C@@H]3CCOc3ccc(F)cc3)cc21. The number of ether oxygens (including phenoxy) is 1. The predicted molar refractivity (Wildman–Crippen MR) is 138 cm³/mol. The molecule has 11 heteroatoms. The van der Waals surface area contributed by atoms with Gasteiger partial charge < -0.3 is 19.4 Å². The van der Waals surface area contributed by atoms with E-state index in [1.165, 1.54) is 23.7 Å². The summed E-state index contributed by atoms with van der Waals surface area (Å²) in [6.45, 7) is 0.396. The fourth-order valence-corrected chi connectivity index (χ4v) is 5.23. The number of aryl methyl sites for hydroxylation is 1. The number of halogens is 4. The molecule has 0 bridgehead atoms. The smallest absolute Gasteiger partial charge is 0.361 e. The summed E-state index contributed by atoms with van der Waals surface area (Å²) in [4.78, 5) is 23.7. The molecule has 1 aliphatic carbocycles. The minimum atomic E-state index is -3.67. The molecule has 2 N–H and O–H groups in total. The number of Topliss-reactive ketones (excluding diaryl/α,β-unsaturated/α-hetero) is 1. The van der Waals surface area contributed by atoms with Crippen LogP contribution in [-0.4, -0.2) is 37.0 Å². The fourth-order valence-electron chi connectivity index (χ4n) is 5.23. The van der Waals surface area contributed by atoms with Crippen molar-refractivity contribution in [2.24, 2.45) is 18.9 Å². The second-order valence-electron chi connectivity index (χ2n) is 10.1. The van der Waals surface area contributed by atoms with Crippen LogP contribution in [0.15, 0.2) is 54.6 Å². The number of phenolic OH excluding ortho intramolecular Hbond substituents is 1. The van der Waals surface area contributed by atoms with Crippen LogP contribution in [0.1, 0.15) is 41.3 Å². The van der Waals surface area contributed by atoms with Crippen molar-refractivity contribution in [2.75, 3.05) is 6.61 Å². The Kier molecular flexibility index (Phi) is 6.24. The average molecular weight is 553 g/mol. The van der Waals surface area contributed by atoms with Crippen LogP contribution in [0.3, 0.4) is 0 Å². The van der Waals surface area contributed by atoms with Crippen LogP contribution in [0.2, 0.25) is 0 Å². The molecule has 206 valence electrons. The number of fused-ring (bicyclic) bond motifs is 2. The molecule has 2 heterocycles. The third kappa shape index (κ3) is 4.44. The monoisotopic (exact) mass is 552 g/mol. The number of hydrogen-bond donors (Lipinski definition) is 2. The topological polar surface area (TPSA) is 93.0 Å². The van der Waals surface area contributed by atoms with Gasteiger partial charge in [-0.05, 0) is 67.6 Å². The lowest BCUT2D eigenvalue weighted by molar-refractivity contribution is 0.0219. The molecule has 1 aliphatic rings. The van der Waals surface area contributed by atoms with Gasteiger partial charge in [0.1, 0.15) is 11.6 Å². The fraction of sp³-hybridized carbons (Fsp3) is 0.276. The zero-order valence-electron chi connectivity index (χ0n) is 21.3. The second-order valence-corrected chi connectivity index (χ2v) is 10.1. The summed E-state index contributed by atoms with van der Waals surface area (Å²) >= 11 is 0. The van der Waals surface area contributed by atoms with E-state index in [4.69, 9.17) is 4.74 Å². The summed E-state index contributed by atoms with van der Waals surface area (Å²) in [5, 5.41) is 9.55. The molecule has 1 fully saturated rings. The van der Waals surface area contributed by atoms with Gasteiger partial charge in [-0.3, -0.25) is 4.79 Å². The largest absolute Gasteiger partial charge is 0.505 e. The maximum Gasteiger partial charge on any atom is 0.361 e. The van der Waals surface area contributed by atoms with E-state index in [9.17, 15) is 18.7 Å². The van der Waals surface area contributed by atoms with Crippen LogP contribution in [-0.2, 0) is 13.0 Å². The molecule has 1 unspecified atom stereocenters. The van der Waals surface area contributed by atoms with Crippen molar-refractivity contribution in [2.45, 2.75) is 25.2 Å². The third-order valence-corrected chi connectivity index (χ3v) is 7.62. The Labute approximate surface area is 225 Å². The highest BCUT2D eigenvalue weighted by atomic mass is 19.3. The number of nitrogens with zero attached hydrogens (tertiary/aromatic N) is 3. The summed E-state index contributed by atoms with van der Waals surface area (Å²) < 4.78 is 64.8. The van der Waals surface area contributed by atoms with E-state index in [2.05, 4.69) is 15.0 Å². The zero-order valence-corrected chi connectivity index (χ0v) is 21.3. The maximum absolute atomic E-state index is 15.6. The van der Waals surface area contributed by atoms with Crippen LogP contribution in [0.25, 0.3) is 22.1 Å². The number of aromatic nitrogens is 4. The molecular formula is C29H24F4N4O3. The Bertz CT molecular complexity index is 1710. The molecule has 2 atom stereocenters. The van der Waals surface area contributed by atoms with Gasteiger partial charge in [0.05, 0.1) is 28.7 Å². The van der Waals surface area contributed by atoms with Crippen LogP contribution >= 0.6 is 0 Å². The quantitative estimate of drug-likeness (QED) is 0.175. The Morgan fingerprint density at radius 2 is 1.85 bits per heavy atom. The Hall–Kier alpha value is -4.41. The molecule has 0 aliphatic heterocycles. The molecule has 0 amide bonds. The van der Waals surface area contributed by atoms with Gasteiger partial charge in [0.25, 0.3) is 0 Å². The normalized spacial score (nSPS) is 17.3. The van der Waals surface area contributed by atoms with Crippen LogP contribution < -0.4 is 4.74 Å². The number of H-pyrrole nitrogens is 1. The van der Waals surface area contributed by atoms with E-state index in [0.717, 1.165) is 25.0 Å². The molecule has 7 nitrogen and oxygen atoms in total. The van der Waals surface area contributed by atoms with Crippen molar-refractivity contribution >= 4 is 27.9 Å². The number of phenols is 1. The lowest BCUT2D eigenvalue weighted by Crippen LogP contribution is -2.34. The van der Waals surface area contributed by atoms with Gasteiger partial charge in [-0.15, -0.1) is 0 Å². The summed E-state index contributed by atoms with van der Waals surface area (Å²) in [5.41, 5.74) is 1.05. The zero-order chi connectivity index (χ0) is 28.2. The molecule has 6 rings (SSSR count). The first-order chi connectivity index (χ1) is 19.1. The number of ketones is 1. The highest BCUT2D eigenvalue weighted by Crippen LogP contribution is 2.40. The molecule has 1 saturated carbocycles. The van der Waals surface area contributed by atoms with Crippen molar-refractivity contribution in [3.63, 3.8) is 0 Å². The lowest BCUT2D eigenvalue weighted by atomic mass is 9.68. The minimum Gasteiger partial charge on any atom is -0.505 e. The molecule has 5 aromatic rings. The highest BCUT2D eigenvalue weighted by Gasteiger charge is 2.43. The standard InChI is InChI=1S/C29H24F4N4O3/c1-37-24-12-16(26(39)19-8-2-15(19)10-11-40-18-6-4-17(30)5-7-18)3-9-21(24)36-28(37)29(32,33)27-34-22-13-20(31)25(38)14-23(22)35-27/h3-7,9,12-15,19,38H,2,8,10-11H2,1H3,(H,34,35)/t15-,19?/m1/s1. The van der Waals surface area contributed by atoms with Gasteiger partial charge in [-0.25, -0.2) is 18.7 Å². The number of nitrogens with one attached hydrogen (secondary N) is 1. The Balaban J connectivity index is 1.20. The van der Waals surface area contributed by atoms with E-state index in [-0.39, 0.29) is 40.0 Å². The minimum absolute atomic E-state index is 0.00902. The van der Waals surface area contributed by atoms with E-state index < -0.39 is 29.1 Å². The van der Waals surface area contributed by atoms with E-state index in [0.29, 0.717) is 29.9 Å². The molecule has 0 spiro atoms. The van der Waals surface area contributed by atoms with Gasteiger partial charge in [0, 0.05) is 30.7 Å². The van der Waals surface area contributed by atoms with Gasteiger partial charge in [0.15, 0.2) is 29.0 Å². The van der Waals surface area contributed by atoms with Crippen molar-refractivity contribution in [1.82, 2.24) is 19.5 Å². The molecule has 0 saturated heterocycles. The summed E-state index contributed by atoms with van der Waals surface area (Å²) in [6.07, 6.45) is 2.28. The number of hydrogen-bond acceptors (Lipinski definition) is 5. The number of carbonyl (C=O) groups is 1. The lowest BCUT2D eigenvalue weighted by Gasteiger charge is -2.35. The number of imidazole rings is 2. The van der Waals surface area contributed by atoms with Gasteiger partial charge in [-0.1, -0.05) is 0 Å². The number of rotatable bonds is 8. The van der Waals surface area contributed by atoms with Gasteiger partial charge in [0.2, 0.25) is 0 Å². The van der Waals surface area contributed by atoms with E-state index in [1.807, 2.05) is 0 Å². The number of carbonyl (C=O) groups excluding carboxylic acids is 1. The number of benzene rings is 3. The number of aromatic amines is 1. The van der Waals surface area contributed by atoms with E-state index in [1.54, 1.807) is 30.3 Å². The predicted octanol–water partition coefficient (Wildman–Crippen LogP) is 6.25.